The Balaban J connectivity index is 2.02. The van der Waals surface area contributed by atoms with E-state index in [4.69, 9.17) is 10.9 Å². The third-order valence-electron chi connectivity index (χ3n) is 4.67. The van der Waals surface area contributed by atoms with Crippen molar-refractivity contribution in [1.29, 1.82) is 0 Å². The number of amidine groups is 1. The largest absolute Gasteiger partial charge is 0.409 e. The number of rotatable bonds is 2. The summed E-state index contributed by atoms with van der Waals surface area (Å²) >= 11 is 0. The number of amides is 1. The smallest absolute Gasteiger partial charge is 0.233 e. The standard InChI is InChI=1S/C13H23N3O3/c1-9(11(14)15-19)12(17)16-7-6-13(18)5-3-2-4-10(13)8-16/h9-10,18-19H,2-8H2,1H3,(H2,14,15). The molecule has 1 heterocycles. The van der Waals surface area contributed by atoms with Crippen molar-refractivity contribution >= 4 is 11.7 Å². The zero-order valence-electron chi connectivity index (χ0n) is 11.4. The van der Waals surface area contributed by atoms with Crippen LogP contribution in [0.25, 0.3) is 0 Å². The van der Waals surface area contributed by atoms with Crippen molar-refractivity contribution in [3.63, 3.8) is 0 Å². The first-order valence-electron chi connectivity index (χ1n) is 6.96. The first kappa shape index (κ1) is 14.1. The van der Waals surface area contributed by atoms with Gasteiger partial charge >= 0.3 is 0 Å². The van der Waals surface area contributed by atoms with Gasteiger partial charge < -0.3 is 20.9 Å². The van der Waals surface area contributed by atoms with Crippen LogP contribution in [0.3, 0.4) is 0 Å². The number of nitrogens with zero attached hydrogens (tertiary/aromatic N) is 2. The minimum atomic E-state index is -0.611. The molecule has 2 aliphatic rings. The van der Waals surface area contributed by atoms with Crippen molar-refractivity contribution in [2.45, 2.75) is 44.6 Å². The van der Waals surface area contributed by atoms with Crippen LogP contribution in [0.2, 0.25) is 0 Å². The molecular formula is C13H23N3O3. The molecule has 0 radical (unpaired) electrons. The minimum absolute atomic E-state index is 0.0607. The molecule has 4 N–H and O–H groups in total. The molecular weight excluding hydrogens is 246 g/mol. The number of hydrogen-bond acceptors (Lipinski definition) is 4. The molecule has 19 heavy (non-hydrogen) atoms. The maximum Gasteiger partial charge on any atom is 0.233 e. The van der Waals surface area contributed by atoms with Crippen molar-refractivity contribution in [2.75, 3.05) is 13.1 Å². The Kier molecular flexibility index (Phi) is 3.99. The summed E-state index contributed by atoms with van der Waals surface area (Å²) in [5.41, 5.74) is 4.90. The maximum atomic E-state index is 12.2. The lowest BCUT2D eigenvalue weighted by molar-refractivity contribution is -0.145. The van der Waals surface area contributed by atoms with Crippen LogP contribution in [0.4, 0.5) is 0 Å². The SMILES string of the molecule is CC(C(=O)N1CCC2(O)CCCCC2C1)C(N)=NO. The summed E-state index contributed by atoms with van der Waals surface area (Å²) in [5, 5.41) is 22.1. The van der Waals surface area contributed by atoms with E-state index in [0.717, 1.165) is 25.7 Å². The molecule has 108 valence electrons. The molecule has 2 rings (SSSR count). The summed E-state index contributed by atoms with van der Waals surface area (Å²) in [6, 6.07) is 0. The Morgan fingerprint density at radius 3 is 2.89 bits per heavy atom. The van der Waals surface area contributed by atoms with E-state index in [2.05, 4.69) is 5.16 Å². The average Bonchev–Trinajstić information content (AvgIpc) is 2.43. The molecule has 0 bridgehead atoms. The van der Waals surface area contributed by atoms with Gasteiger partial charge in [0.15, 0.2) is 5.84 Å². The average molecular weight is 269 g/mol. The number of likely N-dealkylation sites (tertiary alicyclic amines) is 1. The molecule has 3 atom stereocenters. The molecule has 6 nitrogen and oxygen atoms in total. The Morgan fingerprint density at radius 2 is 2.21 bits per heavy atom. The van der Waals surface area contributed by atoms with Gasteiger partial charge in [0, 0.05) is 19.0 Å². The lowest BCUT2D eigenvalue weighted by atomic mass is 9.71. The Bertz CT molecular complexity index is 385. The van der Waals surface area contributed by atoms with Gasteiger partial charge in [0.25, 0.3) is 0 Å². The number of aliphatic hydroxyl groups is 1. The van der Waals surface area contributed by atoms with Gasteiger partial charge in [0.2, 0.25) is 5.91 Å². The van der Waals surface area contributed by atoms with E-state index in [-0.39, 0.29) is 17.7 Å². The fraction of sp³-hybridized carbons (Fsp3) is 0.846. The summed E-state index contributed by atoms with van der Waals surface area (Å²) in [6.45, 7) is 2.77. The van der Waals surface area contributed by atoms with E-state index >= 15 is 0 Å². The van der Waals surface area contributed by atoms with Gasteiger partial charge in [-0.05, 0) is 26.2 Å². The number of piperidine rings is 1. The van der Waals surface area contributed by atoms with Gasteiger partial charge in [-0.15, -0.1) is 0 Å². The van der Waals surface area contributed by atoms with Crippen molar-refractivity contribution < 1.29 is 15.1 Å². The third-order valence-corrected chi connectivity index (χ3v) is 4.67. The lowest BCUT2D eigenvalue weighted by Gasteiger charge is -2.47. The fourth-order valence-corrected chi connectivity index (χ4v) is 3.26. The third kappa shape index (κ3) is 2.68. The van der Waals surface area contributed by atoms with Crippen LogP contribution in [-0.2, 0) is 4.79 Å². The van der Waals surface area contributed by atoms with Crippen LogP contribution in [0.5, 0.6) is 0 Å². The summed E-state index contributed by atoms with van der Waals surface area (Å²) in [4.78, 5) is 14.0. The molecule has 2 fully saturated rings. The van der Waals surface area contributed by atoms with E-state index in [1.807, 2.05) is 0 Å². The van der Waals surface area contributed by atoms with Crippen LogP contribution in [0.1, 0.15) is 39.0 Å². The molecule has 1 aliphatic heterocycles. The van der Waals surface area contributed by atoms with E-state index in [1.165, 1.54) is 0 Å². The topological polar surface area (TPSA) is 99.2 Å². The van der Waals surface area contributed by atoms with E-state index in [9.17, 15) is 9.90 Å². The number of oxime groups is 1. The quantitative estimate of drug-likeness (QED) is 0.294. The van der Waals surface area contributed by atoms with Crippen LogP contribution < -0.4 is 5.73 Å². The van der Waals surface area contributed by atoms with Crippen molar-refractivity contribution in [2.24, 2.45) is 22.7 Å². The molecule has 6 heteroatoms. The van der Waals surface area contributed by atoms with Gasteiger partial charge in [-0.3, -0.25) is 4.79 Å². The van der Waals surface area contributed by atoms with Gasteiger partial charge in [0.1, 0.15) is 0 Å². The highest BCUT2D eigenvalue weighted by atomic mass is 16.4. The molecule has 3 unspecified atom stereocenters. The van der Waals surface area contributed by atoms with E-state index in [0.29, 0.717) is 19.5 Å². The van der Waals surface area contributed by atoms with Crippen molar-refractivity contribution in [1.82, 2.24) is 4.90 Å². The normalized spacial score (nSPS) is 33.7. The molecule has 0 aromatic heterocycles. The summed E-state index contributed by atoms with van der Waals surface area (Å²) in [5.74, 6) is -0.629. The Hall–Kier alpha value is -1.30. The number of carbonyl (C=O) groups excluding carboxylic acids is 1. The van der Waals surface area contributed by atoms with Crippen LogP contribution in [0, 0.1) is 11.8 Å². The number of nitrogens with two attached hydrogens (primary N) is 1. The van der Waals surface area contributed by atoms with E-state index in [1.54, 1.807) is 11.8 Å². The molecule has 1 saturated heterocycles. The summed E-state index contributed by atoms with van der Waals surface area (Å²) < 4.78 is 0. The zero-order valence-corrected chi connectivity index (χ0v) is 11.4. The molecule has 1 aliphatic carbocycles. The van der Waals surface area contributed by atoms with Gasteiger partial charge in [-0.2, -0.15) is 0 Å². The summed E-state index contributed by atoms with van der Waals surface area (Å²) in [7, 11) is 0. The zero-order chi connectivity index (χ0) is 14.0. The molecule has 0 aromatic carbocycles. The molecule has 0 aromatic rings. The predicted octanol–water partition coefficient (Wildman–Crippen LogP) is 0.522. The van der Waals surface area contributed by atoms with Crippen LogP contribution in [0.15, 0.2) is 5.16 Å². The highest BCUT2D eigenvalue weighted by Crippen LogP contribution is 2.39. The second-order valence-electron chi connectivity index (χ2n) is 5.83. The number of carbonyl (C=O) groups is 1. The highest BCUT2D eigenvalue weighted by Gasteiger charge is 2.44. The Labute approximate surface area is 113 Å². The minimum Gasteiger partial charge on any atom is -0.409 e. The maximum absolute atomic E-state index is 12.2. The van der Waals surface area contributed by atoms with Gasteiger partial charge in [0.05, 0.1) is 11.5 Å². The second-order valence-corrected chi connectivity index (χ2v) is 5.83. The van der Waals surface area contributed by atoms with Crippen LogP contribution in [-0.4, -0.2) is 45.6 Å². The molecule has 1 amide bonds. The number of hydrogen-bond donors (Lipinski definition) is 3. The van der Waals surface area contributed by atoms with E-state index < -0.39 is 11.5 Å². The van der Waals surface area contributed by atoms with Crippen molar-refractivity contribution in [3.8, 4) is 0 Å². The Morgan fingerprint density at radius 1 is 1.47 bits per heavy atom. The monoisotopic (exact) mass is 269 g/mol. The lowest BCUT2D eigenvalue weighted by Crippen LogP contribution is -2.56. The van der Waals surface area contributed by atoms with Gasteiger partial charge in [-0.1, -0.05) is 18.0 Å². The molecule has 1 saturated carbocycles. The first-order valence-corrected chi connectivity index (χ1v) is 6.96. The first-order chi connectivity index (χ1) is 8.98. The van der Waals surface area contributed by atoms with Gasteiger partial charge in [-0.25, -0.2) is 0 Å². The number of fused-ring (bicyclic) bond motifs is 1. The highest BCUT2D eigenvalue weighted by molar-refractivity contribution is 6.01. The summed E-state index contributed by atoms with van der Waals surface area (Å²) in [6.07, 6.45) is 4.63. The van der Waals surface area contributed by atoms with Crippen LogP contribution >= 0.6 is 0 Å². The second kappa shape index (κ2) is 5.36. The van der Waals surface area contributed by atoms with Crippen molar-refractivity contribution in [3.05, 3.63) is 0 Å². The predicted molar refractivity (Wildman–Crippen MR) is 70.7 cm³/mol. The fourth-order valence-electron chi connectivity index (χ4n) is 3.26. The molecule has 0 spiro atoms.